The van der Waals surface area contributed by atoms with Gasteiger partial charge in [0.25, 0.3) is 0 Å². The molecular weight excluding hydrogens is 360 g/mol. The van der Waals surface area contributed by atoms with Crippen LogP contribution in [0.1, 0.15) is 51.0 Å². The van der Waals surface area contributed by atoms with Crippen molar-refractivity contribution in [3.05, 3.63) is 29.8 Å². The topological polar surface area (TPSA) is 95.9 Å². The Kier molecular flexibility index (Phi) is 8.29. The van der Waals surface area contributed by atoms with E-state index >= 15 is 0 Å². The van der Waals surface area contributed by atoms with Gasteiger partial charge in [-0.25, -0.2) is 4.79 Å². The summed E-state index contributed by atoms with van der Waals surface area (Å²) < 4.78 is 4.83. The molecule has 1 aliphatic heterocycles. The monoisotopic (exact) mass is 390 g/mol. The van der Waals surface area contributed by atoms with Crippen molar-refractivity contribution >= 4 is 17.8 Å². The third kappa shape index (κ3) is 5.97. The van der Waals surface area contributed by atoms with E-state index in [-0.39, 0.29) is 24.0 Å². The number of unbranched alkanes of at least 4 members (excludes halogenated alkanes) is 2. The fourth-order valence-corrected chi connectivity index (χ4v) is 3.48. The van der Waals surface area contributed by atoms with Gasteiger partial charge in [0, 0.05) is 19.4 Å². The summed E-state index contributed by atoms with van der Waals surface area (Å²) in [6.07, 6.45) is 4.92. The molecule has 0 aromatic heterocycles. The van der Waals surface area contributed by atoms with E-state index in [4.69, 9.17) is 4.74 Å². The first kappa shape index (κ1) is 21.7. The minimum Gasteiger partial charge on any atom is -0.508 e. The molecule has 1 aromatic rings. The van der Waals surface area contributed by atoms with Crippen LogP contribution in [0.4, 0.5) is 0 Å². The van der Waals surface area contributed by atoms with E-state index in [9.17, 15) is 19.5 Å². The van der Waals surface area contributed by atoms with Crippen molar-refractivity contribution in [3.8, 4) is 5.75 Å². The van der Waals surface area contributed by atoms with Crippen molar-refractivity contribution in [2.24, 2.45) is 0 Å². The third-order valence-corrected chi connectivity index (χ3v) is 5.05. The summed E-state index contributed by atoms with van der Waals surface area (Å²) in [7, 11) is 1.28. The number of nitrogens with one attached hydrogen (secondary N) is 1. The lowest BCUT2D eigenvalue weighted by Gasteiger charge is -2.26. The van der Waals surface area contributed by atoms with Crippen LogP contribution in [-0.2, 0) is 25.5 Å². The standard InChI is InChI=1S/C21H30N2O5/c1-3-4-5-8-19(25)23-13-6-7-18(23)20(26)22-17(21(27)28-2)14-15-9-11-16(24)12-10-15/h9-12,17-18,24H,3-8,13-14H2,1-2H3,(H,22,26)/t17-,18+/m1/s1. The average Bonchev–Trinajstić information content (AvgIpc) is 3.18. The molecule has 2 rings (SSSR count). The minimum atomic E-state index is -0.848. The SMILES string of the molecule is CCCCCC(=O)N1CCC[C@H]1C(=O)N[C@H](Cc1ccc(O)cc1)C(=O)OC. The number of methoxy groups -OCH3 is 1. The zero-order chi connectivity index (χ0) is 20.5. The first-order valence-electron chi connectivity index (χ1n) is 9.91. The number of aromatic hydroxyl groups is 1. The Bertz CT molecular complexity index is 674. The number of hydrogen-bond donors (Lipinski definition) is 2. The lowest BCUT2D eigenvalue weighted by Crippen LogP contribution is -2.51. The van der Waals surface area contributed by atoms with Crippen LogP contribution in [0, 0.1) is 0 Å². The van der Waals surface area contributed by atoms with Crippen molar-refractivity contribution in [2.75, 3.05) is 13.7 Å². The molecule has 2 amide bonds. The maximum absolute atomic E-state index is 12.8. The highest BCUT2D eigenvalue weighted by Gasteiger charge is 2.35. The summed E-state index contributed by atoms with van der Waals surface area (Å²) in [5.74, 6) is -0.736. The van der Waals surface area contributed by atoms with Gasteiger partial charge in [0.1, 0.15) is 17.8 Å². The Labute approximate surface area is 166 Å². The molecule has 2 N–H and O–H groups in total. The first-order valence-corrected chi connectivity index (χ1v) is 9.91. The predicted molar refractivity (Wildman–Crippen MR) is 105 cm³/mol. The number of phenols is 1. The summed E-state index contributed by atoms with van der Waals surface area (Å²) in [4.78, 5) is 39.1. The lowest BCUT2D eigenvalue weighted by molar-refractivity contribution is -0.146. The molecule has 0 saturated carbocycles. The number of carbonyl (C=O) groups is 3. The summed E-state index contributed by atoms with van der Waals surface area (Å²) >= 11 is 0. The van der Waals surface area contributed by atoms with Crippen LogP contribution in [0.2, 0.25) is 0 Å². The van der Waals surface area contributed by atoms with Crippen LogP contribution in [-0.4, -0.2) is 53.5 Å². The van der Waals surface area contributed by atoms with Gasteiger partial charge in [0.15, 0.2) is 0 Å². The highest BCUT2D eigenvalue weighted by atomic mass is 16.5. The molecule has 154 valence electrons. The van der Waals surface area contributed by atoms with Gasteiger partial charge < -0.3 is 20.1 Å². The van der Waals surface area contributed by atoms with E-state index in [2.05, 4.69) is 12.2 Å². The summed E-state index contributed by atoms with van der Waals surface area (Å²) in [5, 5.41) is 12.1. The molecule has 7 heteroatoms. The van der Waals surface area contributed by atoms with Gasteiger partial charge in [0.2, 0.25) is 11.8 Å². The Morgan fingerprint density at radius 1 is 1.25 bits per heavy atom. The minimum absolute atomic E-state index is 0.000692. The second kappa shape index (κ2) is 10.7. The van der Waals surface area contributed by atoms with Crippen molar-refractivity contribution in [2.45, 2.75) is 64.0 Å². The van der Waals surface area contributed by atoms with Crippen LogP contribution in [0.5, 0.6) is 5.75 Å². The number of nitrogens with zero attached hydrogens (tertiary/aromatic N) is 1. The fraction of sp³-hybridized carbons (Fsp3) is 0.571. The van der Waals surface area contributed by atoms with Crippen LogP contribution in [0.3, 0.4) is 0 Å². The zero-order valence-electron chi connectivity index (χ0n) is 16.6. The average molecular weight is 390 g/mol. The first-order chi connectivity index (χ1) is 13.5. The number of hydrogen-bond acceptors (Lipinski definition) is 5. The predicted octanol–water partition coefficient (Wildman–Crippen LogP) is 2.16. The smallest absolute Gasteiger partial charge is 0.328 e. The molecule has 1 heterocycles. The van der Waals surface area contributed by atoms with Crippen molar-refractivity contribution < 1.29 is 24.2 Å². The van der Waals surface area contributed by atoms with E-state index in [1.807, 2.05) is 0 Å². The molecule has 1 aliphatic rings. The summed E-state index contributed by atoms with van der Waals surface area (Å²) in [6, 6.07) is 5.05. The van der Waals surface area contributed by atoms with E-state index in [1.54, 1.807) is 17.0 Å². The number of carbonyl (C=O) groups excluding carboxylic acids is 3. The number of likely N-dealkylation sites (tertiary alicyclic amines) is 1. The van der Waals surface area contributed by atoms with Gasteiger partial charge >= 0.3 is 5.97 Å². The number of esters is 1. The molecule has 1 aromatic carbocycles. The lowest BCUT2D eigenvalue weighted by atomic mass is 10.0. The molecule has 1 saturated heterocycles. The Morgan fingerprint density at radius 2 is 1.96 bits per heavy atom. The van der Waals surface area contributed by atoms with Crippen molar-refractivity contribution in [1.82, 2.24) is 10.2 Å². The molecule has 0 bridgehead atoms. The van der Waals surface area contributed by atoms with Crippen molar-refractivity contribution in [1.29, 1.82) is 0 Å². The number of benzene rings is 1. The molecule has 2 atom stereocenters. The van der Waals surface area contributed by atoms with Gasteiger partial charge in [-0.15, -0.1) is 0 Å². The van der Waals surface area contributed by atoms with E-state index < -0.39 is 18.1 Å². The Hall–Kier alpha value is -2.57. The molecule has 7 nitrogen and oxygen atoms in total. The van der Waals surface area contributed by atoms with E-state index in [0.717, 1.165) is 31.2 Å². The van der Waals surface area contributed by atoms with E-state index in [0.29, 0.717) is 19.4 Å². The second-order valence-corrected chi connectivity index (χ2v) is 7.16. The highest BCUT2D eigenvalue weighted by Crippen LogP contribution is 2.20. The molecule has 0 spiro atoms. The Morgan fingerprint density at radius 3 is 2.61 bits per heavy atom. The van der Waals surface area contributed by atoms with E-state index in [1.165, 1.54) is 19.2 Å². The van der Waals surface area contributed by atoms with Gasteiger partial charge in [-0.2, -0.15) is 0 Å². The zero-order valence-corrected chi connectivity index (χ0v) is 16.6. The number of rotatable bonds is 9. The normalized spacial score (nSPS) is 17.2. The largest absolute Gasteiger partial charge is 0.508 e. The van der Waals surface area contributed by atoms with Gasteiger partial charge in [-0.05, 0) is 37.0 Å². The van der Waals surface area contributed by atoms with Gasteiger partial charge in [-0.1, -0.05) is 31.9 Å². The number of ether oxygens (including phenoxy) is 1. The van der Waals surface area contributed by atoms with Crippen molar-refractivity contribution in [3.63, 3.8) is 0 Å². The van der Waals surface area contributed by atoms with Crippen LogP contribution < -0.4 is 5.32 Å². The quantitative estimate of drug-likeness (QED) is 0.498. The molecule has 0 aliphatic carbocycles. The summed E-state index contributed by atoms with van der Waals surface area (Å²) in [6.45, 7) is 2.65. The second-order valence-electron chi connectivity index (χ2n) is 7.16. The highest BCUT2D eigenvalue weighted by molar-refractivity contribution is 5.91. The molecule has 1 fully saturated rings. The molecular formula is C21H30N2O5. The van der Waals surface area contributed by atoms with Gasteiger partial charge in [0.05, 0.1) is 7.11 Å². The van der Waals surface area contributed by atoms with Gasteiger partial charge in [-0.3, -0.25) is 9.59 Å². The molecule has 28 heavy (non-hydrogen) atoms. The fourth-order valence-electron chi connectivity index (χ4n) is 3.48. The number of phenolic OH excluding ortho intramolecular Hbond substituents is 1. The maximum atomic E-state index is 12.8. The molecule has 0 radical (unpaired) electrons. The number of amides is 2. The summed E-state index contributed by atoms with van der Waals surface area (Å²) in [5.41, 5.74) is 0.785. The molecule has 0 unspecified atom stereocenters. The van der Waals surface area contributed by atoms with Crippen LogP contribution >= 0.6 is 0 Å². The Balaban J connectivity index is 2.01. The third-order valence-electron chi connectivity index (χ3n) is 5.05. The maximum Gasteiger partial charge on any atom is 0.328 e. The van der Waals surface area contributed by atoms with Crippen LogP contribution in [0.15, 0.2) is 24.3 Å². The van der Waals surface area contributed by atoms with Crippen LogP contribution in [0.25, 0.3) is 0 Å².